The van der Waals surface area contributed by atoms with Crippen molar-refractivity contribution in [1.82, 2.24) is 4.90 Å². The van der Waals surface area contributed by atoms with Crippen molar-refractivity contribution in [3.8, 4) is 5.75 Å². The second kappa shape index (κ2) is 9.69. The molecule has 4 rings (SSSR count). The van der Waals surface area contributed by atoms with Crippen molar-refractivity contribution >= 4 is 23.5 Å². The molecule has 0 radical (unpaired) electrons. The van der Waals surface area contributed by atoms with Crippen LogP contribution >= 0.6 is 0 Å². The Labute approximate surface area is 193 Å². The first-order chi connectivity index (χ1) is 16.0. The summed E-state index contributed by atoms with van der Waals surface area (Å²) in [5.74, 6) is -1.73. The van der Waals surface area contributed by atoms with Crippen LogP contribution in [0.1, 0.15) is 39.0 Å². The van der Waals surface area contributed by atoms with Crippen LogP contribution in [-0.4, -0.2) is 72.4 Å². The van der Waals surface area contributed by atoms with Crippen LogP contribution in [0.3, 0.4) is 0 Å². The van der Waals surface area contributed by atoms with Gasteiger partial charge in [0.25, 0.3) is 0 Å². The summed E-state index contributed by atoms with van der Waals surface area (Å²) in [5, 5.41) is 12.0. The molecule has 1 spiro atoms. The number of methoxy groups -OCH3 is 1. The van der Waals surface area contributed by atoms with Crippen LogP contribution < -0.4 is 10.1 Å². The largest absolute Gasteiger partial charge is 0.497 e. The zero-order valence-corrected chi connectivity index (χ0v) is 19.1. The fraction of sp³-hybridized carbons (Fsp3) is 0.625. The Hall–Kier alpha value is -2.65. The summed E-state index contributed by atoms with van der Waals surface area (Å²) in [5.41, 5.74) is -0.449. The van der Waals surface area contributed by atoms with Gasteiger partial charge in [0.05, 0.1) is 31.7 Å². The van der Waals surface area contributed by atoms with E-state index in [4.69, 9.17) is 19.3 Å². The van der Waals surface area contributed by atoms with E-state index in [2.05, 4.69) is 5.32 Å². The molecule has 1 aromatic rings. The molecular weight excluding hydrogens is 428 g/mol. The van der Waals surface area contributed by atoms with E-state index >= 15 is 0 Å². The highest BCUT2D eigenvalue weighted by Crippen LogP contribution is 2.58. The van der Waals surface area contributed by atoms with Crippen LogP contribution in [0.25, 0.3) is 0 Å². The van der Waals surface area contributed by atoms with Crippen LogP contribution in [0.2, 0.25) is 0 Å². The summed E-state index contributed by atoms with van der Waals surface area (Å²) in [6.07, 6.45) is 2.75. The highest BCUT2D eigenvalue weighted by molar-refractivity contribution is 6.03. The number of aliphatic hydroxyl groups is 1. The second-order valence-corrected chi connectivity index (χ2v) is 8.84. The minimum Gasteiger partial charge on any atom is -0.497 e. The summed E-state index contributed by atoms with van der Waals surface area (Å²) in [6.45, 7) is 2.40. The molecule has 3 fully saturated rings. The van der Waals surface area contributed by atoms with E-state index < -0.39 is 35.6 Å². The standard InChI is InChI=1S/C24H32N2O7/c1-3-32-23(30)18-17-11-12-24(33-17)19(18)22(29)26(13-5-4-6-14-27)20(24)21(28)25-15-7-9-16(31-2)10-8-15/h7-10,17-20,27H,3-6,11-14H2,1-2H3,(H,25,28)/t17-,18+,19-,20?,24?/m0/s1. The number of nitrogens with zero attached hydrogens (tertiary/aromatic N) is 1. The van der Waals surface area contributed by atoms with Gasteiger partial charge in [-0.3, -0.25) is 14.4 Å². The first kappa shape index (κ1) is 23.5. The van der Waals surface area contributed by atoms with Crippen LogP contribution in [0.15, 0.2) is 24.3 Å². The Morgan fingerprint density at radius 3 is 2.67 bits per heavy atom. The molecule has 2 amide bonds. The van der Waals surface area contributed by atoms with Gasteiger partial charge < -0.3 is 29.5 Å². The number of carbonyl (C=O) groups is 3. The van der Waals surface area contributed by atoms with Crippen LogP contribution in [-0.2, 0) is 23.9 Å². The average Bonchev–Trinajstić information content (AvgIpc) is 3.45. The van der Waals surface area contributed by atoms with Gasteiger partial charge in [0.2, 0.25) is 11.8 Å². The SMILES string of the molecule is CCOC(=O)[C@@H]1[C@@H]2CCC3(O2)C(C(=O)Nc2ccc(OC)cc2)N(CCCCCO)C(=O)[C@H]13. The molecule has 180 valence electrons. The minimum atomic E-state index is -1.04. The number of amides is 2. The highest BCUT2D eigenvalue weighted by atomic mass is 16.6. The molecule has 3 heterocycles. The van der Waals surface area contributed by atoms with Crippen molar-refractivity contribution < 1.29 is 33.7 Å². The van der Waals surface area contributed by atoms with Gasteiger partial charge in [-0.15, -0.1) is 0 Å². The Morgan fingerprint density at radius 1 is 1.24 bits per heavy atom. The molecule has 3 aliphatic rings. The van der Waals surface area contributed by atoms with Gasteiger partial charge in [0, 0.05) is 18.8 Å². The minimum absolute atomic E-state index is 0.0810. The lowest BCUT2D eigenvalue weighted by molar-refractivity contribution is -0.154. The van der Waals surface area contributed by atoms with Gasteiger partial charge >= 0.3 is 5.97 Å². The summed E-state index contributed by atoms with van der Waals surface area (Å²) in [6, 6.07) is 6.14. The molecule has 3 saturated heterocycles. The highest BCUT2D eigenvalue weighted by Gasteiger charge is 2.74. The number of fused-ring (bicyclic) bond motifs is 1. The first-order valence-corrected chi connectivity index (χ1v) is 11.7. The third kappa shape index (κ3) is 4.08. The molecular formula is C24H32N2O7. The maximum absolute atomic E-state index is 13.6. The molecule has 3 aliphatic heterocycles. The van der Waals surface area contributed by atoms with Crippen LogP contribution in [0.5, 0.6) is 5.75 Å². The second-order valence-electron chi connectivity index (χ2n) is 8.84. The third-order valence-electron chi connectivity index (χ3n) is 7.02. The summed E-state index contributed by atoms with van der Waals surface area (Å²) >= 11 is 0. The number of carbonyl (C=O) groups excluding carboxylic acids is 3. The topological polar surface area (TPSA) is 114 Å². The summed E-state index contributed by atoms with van der Waals surface area (Å²) < 4.78 is 16.8. The number of nitrogens with one attached hydrogen (secondary N) is 1. The zero-order chi connectivity index (χ0) is 23.6. The van der Waals surface area contributed by atoms with Gasteiger partial charge in [0.15, 0.2) is 0 Å². The van der Waals surface area contributed by atoms with E-state index in [0.717, 1.165) is 6.42 Å². The van der Waals surface area contributed by atoms with Gasteiger partial charge in [-0.1, -0.05) is 0 Å². The van der Waals surface area contributed by atoms with E-state index in [9.17, 15) is 14.4 Å². The summed E-state index contributed by atoms with van der Waals surface area (Å²) in [4.78, 5) is 41.5. The average molecular weight is 461 g/mol. The molecule has 0 aliphatic carbocycles. The Balaban J connectivity index is 1.62. The zero-order valence-electron chi connectivity index (χ0n) is 19.1. The molecule has 1 aromatic carbocycles. The maximum atomic E-state index is 13.6. The number of aliphatic hydroxyl groups excluding tert-OH is 1. The number of esters is 1. The van der Waals surface area contributed by atoms with E-state index in [1.165, 1.54) is 0 Å². The van der Waals surface area contributed by atoms with E-state index in [0.29, 0.717) is 43.7 Å². The number of hydrogen-bond donors (Lipinski definition) is 2. The number of hydrogen-bond acceptors (Lipinski definition) is 7. The first-order valence-electron chi connectivity index (χ1n) is 11.7. The smallest absolute Gasteiger partial charge is 0.312 e. The number of unbranched alkanes of at least 4 members (excludes halogenated alkanes) is 2. The van der Waals surface area contributed by atoms with Crippen molar-refractivity contribution in [2.75, 3.05) is 32.2 Å². The lowest BCUT2D eigenvalue weighted by Crippen LogP contribution is -2.53. The van der Waals surface area contributed by atoms with Crippen molar-refractivity contribution in [2.45, 2.75) is 56.8 Å². The number of benzene rings is 1. The quantitative estimate of drug-likeness (QED) is 0.404. The number of likely N-dealkylation sites (tertiary alicyclic amines) is 1. The van der Waals surface area contributed by atoms with Crippen LogP contribution in [0, 0.1) is 11.8 Å². The molecule has 33 heavy (non-hydrogen) atoms. The van der Waals surface area contributed by atoms with Crippen LogP contribution in [0.4, 0.5) is 5.69 Å². The monoisotopic (exact) mass is 460 g/mol. The maximum Gasteiger partial charge on any atom is 0.312 e. The van der Waals surface area contributed by atoms with Gasteiger partial charge in [0.1, 0.15) is 17.4 Å². The molecule has 2 N–H and O–H groups in total. The van der Waals surface area contributed by atoms with Crippen molar-refractivity contribution in [1.29, 1.82) is 0 Å². The third-order valence-corrected chi connectivity index (χ3v) is 7.02. The van der Waals surface area contributed by atoms with E-state index in [1.54, 1.807) is 43.2 Å². The Bertz CT molecular complexity index is 889. The lowest BCUT2D eigenvalue weighted by atomic mass is 9.71. The van der Waals surface area contributed by atoms with E-state index in [1.807, 2.05) is 0 Å². The molecule has 0 saturated carbocycles. The van der Waals surface area contributed by atoms with Crippen molar-refractivity contribution in [3.05, 3.63) is 24.3 Å². The fourth-order valence-electron chi connectivity index (χ4n) is 5.66. The normalized spacial score (nSPS) is 29.8. The lowest BCUT2D eigenvalue weighted by Gasteiger charge is -2.33. The van der Waals surface area contributed by atoms with Gasteiger partial charge in [-0.25, -0.2) is 0 Å². The molecule has 2 unspecified atom stereocenters. The van der Waals surface area contributed by atoms with Gasteiger partial charge in [-0.05, 0) is 63.3 Å². The Morgan fingerprint density at radius 2 is 2.00 bits per heavy atom. The predicted molar refractivity (Wildman–Crippen MR) is 119 cm³/mol. The number of anilines is 1. The van der Waals surface area contributed by atoms with Crippen molar-refractivity contribution in [2.24, 2.45) is 11.8 Å². The van der Waals surface area contributed by atoms with Gasteiger partial charge in [-0.2, -0.15) is 0 Å². The predicted octanol–water partition coefficient (Wildman–Crippen LogP) is 1.73. The fourth-order valence-corrected chi connectivity index (χ4v) is 5.66. The molecule has 2 bridgehead atoms. The number of ether oxygens (including phenoxy) is 3. The molecule has 5 atom stereocenters. The molecule has 9 nitrogen and oxygen atoms in total. The Kier molecular flexibility index (Phi) is 6.90. The van der Waals surface area contributed by atoms with E-state index in [-0.39, 0.29) is 25.0 Å². The molecule has 0 aromatic heterocycles. The summed E-state index contributed by atoms with van der Waals surface area (Å²) in [7, 11) is 1.57. The number of rotatable bonds is 10. The van der Waals surface area contributed by atoms with Crippen molar-refractivity contribution in [3.63, 3.8) is 0 Å². The molecule has 9 heteroatoms.